The first-order valence-corrected chi connectivity index (χ1v) is 22.5. The number of phenolic OH excluding ortho intramolecular Hbond substituents is 4. The molecule has 0 amide bonds. The van der Waals surface area contributed by atoms with Crippen LogP contribution in [-0.4, -0.2) is 57.6 Å². The first-order valence-electron chi connectivity index (χ1n) is 22.5. The predicted octanol–water partition coefficient (Wildman–Crippen LogP) is 15.5. The first kappa shape index (κ1) is 47.4. The van der Waals surface area contributed by atoms with Gasteiger partial charge >= 0.3 is 12.4 Å². The quantitative estimate of drug-likeness (QED) is 0.0803. The van der Waals surface area contributed by atoms with Crippen LogP contribution in [-0.2, 0) is 5.41 Å². The normalized spacial score (nSPS) is 12.8. The molecule has 0 heterocycles. The Hall–Kier alpha value is -9.30. The van der Waals surface area contributed by atoms with Gasteiger partial charge in [-0.1, -0.05) is 133 Å². The summed E-state index contributed by atoms with van der Waals surface area (Å²) in [6, 6.07) is 45.1. The molecule has 0 spiro atoms. The minimum absolute atomic E-state index is 0.109. The van der Waals surface area contributed by atoms with Gasteiger partial charge in [0.1, 0.15) is 23.0 Å². The van der Waals surface area contributed by atoms with E-state index in [1.807, 2.05) is 0 Å². The summed E-state index contributed by atoms with van der Waals surface area (Å²) in [7, 11) is 0. The molecule has 10 aromatic carbocycles. The minimum Gasteiger partial charge on any atom is -0.507 e. The van der Waals surface area contributed by atoms with E-state index in [9.17, 15) is 20.4 Å². The molecule has 4 N–H and O–H groups in total. The van der Waals surface area contributed by atoms with E-state index in [4.69, 9.17) is 0 Å². The Morgan fingerprint density at radius 1 is 0.301 bits per heavy atom. The molecule has 0 aliphatic carbocycles. The van der Waals surface area contributed by atoms with Gasteiger partial charge in [0.25, 0.3) is 0 Å². The Kier molecular flexibility index (Phi) is 12.2. The fourth-order valence-electron chi connectivity index (χ4n) is 8.98. The van der Waals surface area contributed by atoms with Gasteiger partial charge in [0, 0.05) is 68.7 Å². The number of nitrogens with zero attached hydrogens (tertiary/aromatic N) is 4. The maximum absolute atomic E-state index is 16.1. The highest BCUT2D eigenvalue weighted by molar-refractivity contribution is 6.02. The number of hydrogen-bond acceptors (Lipinski definition) is 8. The van der Waals surface area contributed by atoms with E-state index in [1.54, 1.807) is 133 Å². The third-order valence-electron chi connectivity index (χ3n) is 12.8. The molecule has 0 aliphatic rings. The van der Waals surface area contributed by atoms with Crippen molar-refractivity contribution < 1.29 is 46.8 Å². The topological polar surface area (TPSA) is 130 Å². The molecule has 10 rings (SSSR count). The number of benzene rings is 10. The van der Waals surface area contributed by atoms with Gasteiger partial charge in [0.2, 0.25) is 5.41 Å². The standard InChI is InChI=1S/C59H38F6N4O4/c60-58(61,62)57(59(63,64)65,43-25-27-49(66-31-39-21-17-35-9-1-5-13-45(35)53(39)70)51(29-43)68-33-41-23-19-37-11-3-7-15-47(37)55(41)72)44-26-28-50(67-32-40-22-18-36-10-2-6-14-46(36)54(40)71)52(30-44)69-34-42-24-20-38-12-4-8-16-48(38)56(42)73/h1-34,70-73H. The number of aliphatic imine (C=N–C) groups is 4. The molecule has 0 aliphatic heterocycles. The Morgan fingerprint density at radius 3 is 0.836 bits per heavy atom. The van der Waals surface area contributed by atoms with Crippen molar-refractivity contribution in [1.29, 1.82) is 0 Å². The fourth-order valence-corrected chi connectivity index (χ4v) is 8.98. The summed E-state index contributed by atoms with van der Waals surface area (Å²) < 4.78 is 96.7. The van der Waals surface area contributed by atoms with Crippen LogP contribution in [0.3, 0.4) is 0 Å². The number of hydrogen-bond donors (Lipinski definition) is 4. The predicted molar refractivity (Wildman–Crippen MR) is 277 cm³/mol. The van der Waals surface area contributed by atoms with Gasteiger partial charge in [0.05, 0.1) is 22.7 Å². The van der Waals surface area contributed by atoms with Crippen LogP contribution >= 0.6 is 0 Å². The summed E-state index contributed by atoms with van der Waals surface area (Å²) in [5, 5.41) is 49.2. The zero-order chi connectivity index (χ0) is 51.1. The van der Waals surface area contributed by atoms with Crippen LogP contribution in [0.2, 0.25) is 0 Å². The molecule has 360 valence electrons. The summed E-state index contributed by atoms with van der Waals surface area (Å²) in [6.07, 6.45) is -7.48. The number of phenols is 4. The highest BCUT2D eigenvalue weighted by Crippen LogP contribution is 2.58. The van der Waals surface area contributed by atoms with E-state index in [2.05, 4.69) is 20.0 Å². The zero-order valence-corrected chi connectivity index (χ0v) is 38.0. The van der Waals surface area contributed by atoms with Crippen LogP contribution in [0, 0.1) is 0 Å². The Morgan fingerprint density at radius 2 is 0.562 bits per heavy atom. The molecule has 0 unspecified atom stereocenters. The highest BCUT2D eigenvalue weighted by Gasteiger charge is 2.72. The maximum atomic E-state index is 16.1. The monoisotopic (exact) mass is 980 g/mol. The van der Waals surface area contributed by atoms with E-state index in [-0.39, 0.29) is 56.6 Å². The Balaban J connectivity index is 1.15. The Labute approximate surface area is 412 Å². The number of halogens is 6. The summed E-state index contributed by atoms with van der Waals surface area (Å²) in [4.78, 5) is 17.6. The molecule has 10 aromatic rings. The summed E-state index contributed by atoms with van der Waals surface area (Å²) in [5.74, 6) is -0.775. The molecule has 0 atom stereocenters. The van der Waals surface area contributed by atoms with Crippen LogP contribution in [0.5, 0.6) is 23.0 Å². The third-order valence-corrected chi connectivity index (χ3v) is 12.8. The second-order valence-electron chi connectivity index (χ2n) is 17.1. The lowest BCUT2D eigenvalue weighted by Gasteiger charge is -2.38. The number of rotatable bonds is 10. The van der Waals surface area contributed by atoms with Crippen LogP contribution < -0.4 is 0 Å². The SMILES string of the molecule is Oc1c(C=Nc2ccc(C(c3ccc(N=Cc4ccc5ccccc5c4O)c(N=Cc4ccc5ccccc5c4O)c3)(C(F)(F)F)C(F)(F)F)cc2N=Cc2ccc3ccccc3c2O)ccc2ccccc12. The van der Waals surface area contributed by atoms with Gasteiger partial charge in [-0.05, 0) is 81.2 Å². The fraction of sp³-hybridized carbons (Fsp3) is 0.0508. The van der Waals surface area contributed by atoms with E-state index < -0.39 is 40.3 Å². The van der Waals surface area contributed by atoms with Crippen LogP contribution in [0.4, 0.5) is 49.1 Å². The van der Waals surface area contributed by atoms with Crippen LogP contribution in [0.25, 0.3) is 43.1 Å². The number of alkyl halides is 6. The lowest BCUT2D eigenvalue weighted by Crippen LogP contribution is -2.54. The van der Waals surface area contributed by atoms with Gasteiger partial charge in [0.15, 0.2) is 0 Å². The molecule has 0 aromatic heterocycles. The van der Waals surface area contributed by atoms with Crippen LogP contribution in [0.1, 0.15) is 33.4 Å². The largest absolute Gasteiger partial charge is 0.507 e. The molecule has 0 saturated heterocycles. The summed E-state index contributed by atoms with van der Waals surface area (Å²) in [6.45, 7) is 0. The van der Waals surface area contributed by atoms with Crippen LogP contribution in [0.15, 0.2) is 202 Å². The zero-order valence-electron chi connectivity index (χ0n) is 38.0. The second kappa shape index (κ2) is 18.8. The van der Waals surface area contributed by atoms with Crippen molar-refractivity contribution >= 4 is 90.7 Å². The van der Waals surface area contributed by atoms with Gasteiger partial charge in [-0.3, -0.25) is 20.0 Å². The highest BCUT2D eigenvalue weighted by atomic mass is 19.4. The molecule has 0 radical (unpaired) electrons. The average Bonchev–Trinajstić information content (AvgIpc) is 3.38. The van der Waals surface area contributed by atoms with Crippen molar-refractivity contribution in [3.8, 4) is 23.0 Å². The van der Waals surface area contributed by atoms with Crippen molar-refractivity contribution in [2.24, 2.45) is 20.0 Å². The minimum atomic E-state index is -6.08. The summed E-state index contributed by atoms with van der Waals surface area (Å²) >= 11 is 0. The Bertz CT molecular complexity index is 3670. The molecule has 0 bridgehead atoms. The van der Waals surface area contributed by atoms with Crippen molar-refractivity contribution in [1.82, 2.24) is 0 Å². The molecular formula is C59H38F6N4O4. The van der Waals surface area contributed by atoms with E-state index >= 15 is 26.3 Å². The third kappa shape index (κ3) is 8.73. The van der Waals surface area contributed by atoms with Crippen molar-refractivity contribution in [2.75, 3.05) is 0 Å². The number of aromatic hydroxyl groups is 4. The first-order chi connectivity index (χ1) is 35.1. The molecule has 0 saturated carbocycles. The molecular weight excluding hydrogens is 943 g/mol. The lowest BCUT2D eigenvalue weighted by atomic mass is 9.72. The molecule has 14 heteroatoms. The second-order valence-corrected chi connectivity index (χ2v) is 17.1. The van der Waals surface area contributed by atoms with E-state index in [1.165, 1.54) is 24.6 Å². The smallest absolute Gasteiger partial charge is 0.411 e. The van der Waals surface area contributed by atoms with Crippen molar-refractivity contribution in [3.05, 3.63) is 215 Å². The molecule has 8 nitrogen and oxygen atoms in total. The lowest BCUT2D eigenvalue weighted by molar-refractivity contribution is -0.288. The van der Waals surface area contributed by atoms with Crippen molar-refractivity contribution in [3.63, 3.8) is 0 Å². The number of fused-ring (bicyclic) bond motifs is 4. The van der Waals surface area contributed by atoms with E-state index in [0.717, 1.165) is 24.6 Å². The van der Waals surface area contributed by atoms with Gasteiger partial charge < -0.3 is 20.4 Å². The molecule has 73 heavy (non-hydrogen) atoms. The average molecular weight is 981 g/mol. The van der Waals surface area contributed by atoms with Crippen molar-refractivity contribution in [2.45, 2.75) is 17.8 Å². The van der Waals surface area contributed by atoms with Gasteiger partial charge in [-0.15, -0.1) is 0 Å². The van der Waals surface area contributed by atoms with E-state index in [0.29, 0.717) is 67.4 Å². The summed E-state index contributed by atoms with van der Waals surface area (Å²) in [5.41, 5.74) is -7.93. The van der Waals surface area contributed by atoms with Gasteiger partial charge in [-0.2, -0.15) is 26.3 Å². The maximum Gasteiger partial charge on any atom is 0.411 e. The molecule has 0 fully saturated rings. The van der Waals surface area contributed by atoms with Gasteiger partial charge in [-0.25, -0.2) is 0 Å².